The van der Waals surface area contributed by atoms with Gasteiger partial charge in [0, 0.05) is 26.4 Å². The Bertz CT molecular complexity index is 399. The molecule has 84 valence electrons. The number of ether oxygens (including phenoxy) is 1. The van der Waals surface area contributed by atoms with Gasteiger partial charge in [0.2, 0.25) is 0 Å². The van der Waals surface area contributed by atoms with Crippen molar-refractivity contribution in [1.82, 2.24) is 4.98 Å². The highest BCUT2D eigenvalue weighted by Crippen LogP contribution is 2.22. The molecule has 0 aromatic carbocycles. The van der Waals surface area contributed by atoms with E-state index in [1.807, 2.05) is 12.1 Å². The summed E-state index contributed by atoms with van der Waals surface area (Å²) in [6.07, 6.45) is 4.10. The molecule has 1 aliphatic heterocycles. The van der Waals surface area contributed by atoms with E-state index in [4.69, 9.17) is 10.00 Å². The summed E-state index contributed by atoms with van der Waals surface area (Å²) in [7, 11) is 1.74. The molecule has 0 bridgehead atoms. The number of aromatic nitrogens is 1. The van der Waals surface area contributed by atoms with Gasteiger partial charge < -0.3 is 9.64 Å². The van der Waals surface area contributed by atoms with Crippen molar-refractivity contribution < 1.29 is 4.74 Å². The Morgan fingerprint density at radius 3 is 3.25 bits per heavy atom. The number of hydrogen-bond acceptors (Lipinski definition) is 4. The van der Waals surface area contributed by atoms with Gasteiger partial charge in [-0.25, -0.2) is 4.98 Å². The first-order chi connectivity index (χ1) is 7.85. The fourth-order valence-electron chi connectivity index (χ4n) is 2.09. The zero-order chi connectivity index (χ0) is 11.4. The van der Waals surface area contributed by atoms with Gasteiger partial charge >= 0.3 is 0 Å². The van der Waals surface area contributed by atoms with Crippen LogP contribution in [0.4, 0.5) is 5.69 Å². The molecule has 16 heavy (non-hydrogen) atoms. The van der Waals surface area contributed by atoms with E-state index >= 15 is 0 Å². The second-order valence-electron chi connectivity index (χ2n) is 3.93. The third-order valence-electron chi connectivity index (χ3n) is 2.94. The smallest absolute Gasteiger partial charge is 0.163 e. The van der Waals surface area contributed by atoms with E-state index < -0.39 is 0 Å². The van der Waals surface area contributed by atoms with E-state index in [2.05, 4.69) is 16.0 Å². The Morgan fingerprint density at radius 2 is 2.50 bits per heavy atom. The fraction of sp³-hybridized carbons (Fsp3) is 0.500. The normalized spacial score (nSPS) is 20.5. The van der Waals surface area contributed by atoms with Crippen LogP contribution in [0, 0.1) is 11.3 Å². The Labute approximate surface area is 95.5 Å². The third kappa shape index (κ3) is 2.15. The van der Waals surface area contributed by atoms with Crippen LogP contribution in [0.1, 0.15) is 18.5 Å². The molecule has 2 rings (SSSR count). The molecule has 1 fully saturated rings. The third-order valence-corrected chi connectivity index (χ3v) is 2.94. The first-order valence-corrected chi connectivity index (χ1v) is 5.48. The number of nitrogens with zero attached hydrogens (tertiary/aromatic N) is 3. The summed E-state index contributed by atoms with van der Waals surface area (Å²) in [6.45, 7) is 1.82. The summed E-state index contributed by atoms with van der Waals surface area (Å²) >= 11 is 0. The molecule has 0 radical (unpaired) electrons. The molecule has 0 spiro atoms. The minimum absolute atomic E-state index is 0.264. The van der Waals surface area contributed by atoms with Gasteiger partial charge in [0.1, 0.15) is 6.07 Å². The van der Waals surface area contributed by atoms with Crippen molar-refractivity contribution in [1.29, 1.82) is 5.26 Å². The van der Waals surface area contributed by atoms with Gasteiger partial charge in [0.15, 0.2) is 5.69 Å². The molecule has 0 saturated carbocycles. The highest BCUT2D eigenvalue weighted by molar-refractivity contribution is 5.55. The van der Waals surface area contributed by atoms with Crippen molar-refractivity contribution in [2.75, 3.05) is 25.1 Å². The summed E-state index contributed by atoms with van der Waals surface area (Å²) in [4.78, 5) is 6.26. The highest BCUT2D eigenvalue weighted by atomic mass is 16.5. The number of piperidine rings is 1. The van der Waals surface area contributed by atoms with Crippen molar-refractivity contribution in [2.45, 2.75) is 18.9 Å². The highest BCUT2D eigenvalue weighted by Gasteiger charge is 2.21. The van der Waals surface area contributed by atoms with Crippen molar-refractivity contribution in [2.24, 2.45) is 0 Å². The molecule has 1 unspecified atom stereocenters. The molecule has 1 aliphatic rings. The lowest BCUT2D eigenvalue weighted by Gasteiger charge is -2.33. The van der Waals surface area contributed by atoms with Crippen LogP contribution < -0.4 is 4.90 Å². The quantitative estimate of drug-likeness (QED) is 0.754. The number of anilines is 1. The van der Waals surface area contributed by atoms with Crippen LogP contribution in [0.15, 0.2) is 18.3 Å². The van der Waals surface area contributed by atoms with Gasteiger partial charge in [0.25, 0.3) is 0 Å². The Kier molecular flexibility index (Phi) is 3.37. The lowest BCUT2D eigenvalue weighted by atomic mass is 10.1. The largest absolute Gasteiger partial charge is 0.380 e. The summed E-state index contributed by atoms with van der Waals surface area (Å²) in [6, 6.07) is 5.95. The molecule has 1 aromatic heterocycles. The second kappa shape index (κ2) is 4.95. The number of hydrogen-bond donors (Lipinski definition) is 0. The van der Waals surface area contributed by atoms with Crippen LogP contribution in [-0.4, -0.2) is 31.3 Å². The number of nitriles is 1. The molecule has 0 amide bonds. The zero-order valence-corrected chi connectivity index (χ0v) is 9.39. The molecule has 4 heteroatoms. The Morgan fingerprint density at radius 1 is 1.62 bits per heavy atom. The van der Waals surface area contributed by atoms with E-state index in [1.54, 1.807) is 13.3 Å². The second-order valence-corrected chi connectivity index (χ2v) is 3.93. The Hall–Kier alpha value is -1.60. The molecule has 0 N–H and O–H groups in total. The van der Waals surface area contributed by atoms with Gasteiger partial charge in [-0.2, -0.15) is 5.26 Å². The maximum Gasteiger partial charge on any atom is 0.163 e. The molecule has 2 heterocycles. The van der Waals surface area contributed by atoms with Crippen LogP contribution in [0.3, 0.4) is 0 Å². The van der Waals surface area contributed by atoms with Crippen molar-refractivity contribution >= 4 is 5.69 Å². The van der Waals surface area contributed by atoms with Gasteiger partial charge in [-0.1, -0.05) is 0 Å². The van der Waals surface area contributed by atoms with Gasteiger partial charge in [-0.05, 0) is 25.0 Å². The van der Waals surface area contributed by atoms with E-state index in [0.29, 0.717) is 5.69 Å². The number of methoxy groups -OCH3 is 1. The summed E-state index contributed by atoms with van der Waals surface area (Å²) < 4.78 is 5.37. The van der Waals surface area contributed by atoms with E-state index in [0.717, 1.165) is 31.6 Å². The maximum atomic E-state index is 9.00. The predicted octanol–water partition coefficient (Wildman–Crippen LogP) is 1.57. The average Bonchev–Trinajstić information content (AvgIpc) is 2.38. The minimum atomic E-state index is 0.264. The van der Waals surface area contributed by atoms with E-state index in [1.165, 1.54) is 0 Å². The number of rotatable bonds is 2. The van der Waals surface area contributed by atoms with E-state index in [9.17, 15) is 0 Å². The molecule has 1 aromatic rings. The standard InChI is InChI=1S/C12H15N3O/c1-16-10-4-3-7-15(9-10)12-5-2-6-14-11(12)8-13/h2,5-6,10H,3-4,7,9H2,1H3. The molecule has 4 nitrogen and oxygen atoms in total. The first-order valence-electron chi connectivity index (χ1n) is 5.48. The lowest BCUT2D eigenvalue weighted by molar-refractivity contribution is 0.0893. The summed E-state index contributed by atoms with van der Waals surface area (Å²) in [5, 5.41) is 9.00. The minimum Gasteiger partial charge on any atom is -0.380 e. The SMILES string of the molecule is COC1CCCN(c2cccnc2C#N)C1. The first kappa shape index (κ1) is 10.9. The van der Waals surface area contributed by atoms with Crippen molar-refractivity contribution in [3.8, 4) is 6.07 Å². The van der Waals surface area contributed by atoms with Gasteiger partial charge in [-0.3, -0.25) is 0 Å². The van der Waals surface area contributed by atoms with E-state index in [-0.39, 0.29) is 6.10 Å². The van der Waals surface area contributed by atoms with Crippen LogP contribution in [0.2, 0.25) is 0 Å². The average molecular weight is 217 g/mol. The van der Waals surface area contributed by atoms with Gasteiger partial charge in [0.05, 0.1) is 11.8 Å². The van der Waals surface area contributed by atoms with Crippen molar-refractivity contribution in [3.05, 3.63) is 24.0 Å². The molecule has 1 atom stereocenters. The zero-order valence-electron chi connectivity index (χ0n) is 9.39. The number of pyridine rings is 1. The molecular formula is C12H15N3O. The topological polar surface area (TPSA) is 49.1 Å². The Balaban J connectivity index is 2.20. The van der Waals surface area contributed by atoms with Crippen LogP contribution in [0.5, 0.6) is 0 Å². The fourth-order valence-corrected chi connectivity index (χ4v) is 2.09. The van der Waals surface area contributed by atoms with Crippen LogP contribution in [-0.2, 0) is 4.74 Å². The molecule has 0 aliphatic carbocycles. The van der Waals surface area contributed by atoms with Crippen LogP contribution in [0.25, 0.3) is 0 Å². The molecular weight excluding hydrogens is 202 g/mol. The predicted molar refractivity (Wildman–Crippen MR) is 61.2 cm³/mol. The monoisotopic (exact) mass is 217 g/mol. The lowest BCUT2D eigenvalue weighted by Crippen LogP contribution is -2.39. The van der Waals surface area contributed by atoms with Crippen molar-refractivity contribution in [3.63, 3.8) is 0 Å². The maximum absolute atomic E-state index is 9.00. The van der Waals surface area contributed by atoms with Gasteiger partial charge in [-0.15, -0.1) is 0 Å². The molecule has 1 saturated heterocycles. The summed E-state index contributed by atoms with van der Waals surface area (Å²) in [5.41, 5.74) is 1.42. The summed E-state index contributed by atoms with van der Waals surface area (Å²) in [5.74, 6) is 0. The van der Waals surface area contributed by atoms with Crippen LogP contribution >= 0.6 is 0 Å².